The first-order chi connectivity index (χ1) is 15.7. The summed E-state index contributed by atoms with van der Waals surface area (Å²) >= 11 is 1.54. The van der Waals surface area contributed by atoms with Gasteiger partial charge in [0, 0.05) is 29.1 Å². The molecule has 0 fully saturated rings. The zero-order valence-electron chi connectivity index (χ0n) is 17.3. The fourth-order valence-corrected chi connectivity index (χ4v) is 3.72. The third kappa shape index (κ3) is 6.49. The molecule has 2 aromatic heterocycles. The van der Waals surface area contributed by atoms with E-state index in [4.69, 9.17) is 21.7 Å². The number of carbonyl (C=O) groups excluding carboxylic acids is 1. The van der Waals surface area contributed by atoms with Gasteiger partial charge in [-0.1, -0.05) is 0 Å². The number of fused-ring (bicyclic) bond motifs is 1. The minimum absolute atomic E-state index is 0.0356. The van der Waals surface area contributed by atoms with E-state index in [-0.39, 0.29) is 30.2 Å². The van der Waals surface area contributed by atoms with Crippen LogP contribution < -0.4 is 16.8 Å². The average molecular weight is 471 g/mol. The van der Waals surface area contributed by atoms with Gasteiger partial charge in [-0.3, -0.25) is 9.59 Å². The summed E-state index contributed by atoms with van der Waals surface area (Å²) in [6.45, 7) is 0. The van der Waals surface area contributed by atoms with Crippen molar-refractivity contribution in [2.24, 2.45) is 0 Å². The Balaban J connectivity index is 1.55. The maximum absolute atomic E-state index is 12.3. The summed E-state index contributed by atoms with van der Waals surface area (Å²) in [7, 11) is 0. The van der Waals surface area contributed by atoms with Crippen LogP contribution in [0.15, 0.2) is 35.4 Å². The van der Waals surface area contributed by atoms with Crippen molar-refractivity contribution in [1.29, 1.82) is 0 Å². The normalized spacial score (nSPS) is 11.8. The lowest BCUT2D eigenvalue weighted by molar-refractivity contribution is -0.140. The van der Waals surface area contributed by atoms with Gasteiger partial charge >= 0.3 is 11.9 Å². The van der Waals surface area contributed by atoms with E-state index in [9.17, 15) is 14.4 Å². The molecular formula is C20H21N7O5S. The van der Waals surface area contributed by atoms with Crippen molar-refractivity contribution in [3.63, 3.8) is 0 Å². The summed E-state index contributed by atoms with van der Waals surface area (Å²) in [4.78, 5) is 51.6. The van der Waals surface area contributed by atoms with Crippen LogP contribution >= 0.6 is 11.8 Å². The van der Waals surface area contributed by atoms with E-state index in [0.717, 1.165) is 4.90 Å². The average Bonchev–Trinajstić information content (AvgIpc) is 2.77. The summed E-state index contributed by atoms with van der Waals surface area (Å²) in [6, 6.07) is 5.36. The number of benzene rings is 1. The predicted octanol–water partition coefficient (Wildman–Crippen LogP) is 0.967. The van der Waals surface area contributed by atoms with E-state index >= 15 is 0 Å². The first-order valence-corrected chi connectivity index (χ1v) is 10.7. The Kier molecular flexibility index (Phi) is 7.56. The Morgan fingerprint density at radius 2 is 1.79 bits per heavy atom. The molecule has 1 atom stereocenters. The molecule has 3 rings (SSSR count). The number of hydrogen-bond acceptors (Lipinski definition) is 10. The second kappa shape index (κ2) is 10.5. The zero-order valence-corrected chi connectivity index (χ0v) is 18.1. The molecule has 0 spiro atoms. The topological polar surface area (TPSA) is 207 Å². The molecule has 1 aromatic carbocycles. The molecule has 33 heavy (non-hydrogen) atoms. The largest absolute Gasteiger partial charge is 0.481 e. The van der Waals surface area contributed by atoms with E-state index in [2.05, 4.69) is 25.3 Å². The molecule has 0 aliphatic rings. The standard InChI is InChI=1S/C20H21N7O5S/c21-16-15-17(27-20(22)26-16)23-9-11(24-15)7-8-33-12-3-1-10(2-4-12)18(30)25-13(19(31)32)5-6-14(28)29/h1-4,9,13H,5-8H2,(H,25,30)(H,28,29)(H,31,32)(H4,21,22,23,26,27)/t13-/m0/s1. The maximum atomic E-state index is 12.3. The molecule has 7 N–H and O–H groups in total. The van der Waals surface area contributed by atoms with Crippen molar-refractivity contribution >= 4 is 52.5 Å². The van der Waals surface area contributed by atoms with Gasteiger partial charge in [-0.25, -0.2) is 14.8 Å². The van der Waals surface area contributed by atoms with Gasteiger partial charge in [-0.05, 0) is 30.7 Å². The Labute approximate surface area is 191 Å². The number of carboxylic acids is 2. The number of thioether (sulfide) groups is 1. The number of nitrogens with two attached hydrogens (primary N) is 2. The van der Waals surface area contributed by atoms with Crippen LogP contribution in [0.2, 0.25) is 0 Å². The van der Waals surface area contributed by atoms with Crippen LogP contribution in [-0.2, 0) is 16.0 Å². The van der Waals surface area contributed by atoms with E-state index in [0.29, 0.717) is 29.0 Å². The van der Waals surface area contributed by atoms with E-state index in [1.165, 1.54) is 11.8 Å². The zero-order chi connectivity index (χ0) is 24.0. The van der Waals surface area contributed by atoms with Crippen molar-refractivity contribution < 1.29 is 24.6 Å². The monoisotopic (exact) mass is 471 g/mol. The highest BCUT2D eigenvalue weighted by atomic mass is 32.2. The van der Waals surface area contributed by atoms with E-state index < -0.39 is 23.9 Å². The highest BCUT2D eigenvalue weighted by Crippen LogP contribution is 2.21. The number of nitrogens with one attached hydrogen (secondary N) is 1. The lowest BCUT2D eigenvalue weighted by atomic mass is 10.1. The van der Waals surface area contributed by atoms with Gasteiger partial charge in [0.15, 0.2) is 17.0 Å². The first kappa shape index (κ1) is 23.7. The second-order valence-corrected chi connectivity index (χ2v) is 8.09. The fourth-order valence-electron chi connectivity index (χ4n) is 2.85. The van der Waals surface area contributed by atoms with Gasteiger partial charge < -0.3 is 27.0 Å². The number of nitrogen functional groups attached to an aromatic ring is 2. The maximum Gasteiger partial charge on any atom is 0.326 e. The number of aliphatic carboxylic acids is 2. The number of carbonyl (C=O) groups is 3. The molecule has 0 unspecified atom stereocenters. The SMILES string of the molecule is Nc1nc(N)c2nc(CCSc3ccc(C(=O)N[C@@H](CCC(=O)O)C(=O)O)cc3)cnc2n1. The number of amides is 1. The predicted molar refractivity (Wildman–Crippen MR) is 121 cm³/mol. The van der Waals surface area contributed by atoms with Gasteiger partial charge in [0.2, 0.25) is 5.95 Å². The first-order valence-electron chi connectivity index (χ1n) is 9.76. The van der Waals surface area contributed by atoms with Gasteiger partial charge in [0.25, 0.3) is 5.91 Å². The lowest BCUT2D eigenvalue weighted by Gasteiger charge is -2.13. The molecule has 0 radical (unpaired) electrons. The van der Waals surface area contributed by atoms with Crippen LogP contribution in [0.5, 0.6) is 0 Å². The summed E-state index contributed by atoms with van der Waals surface area (Å²) in [5.41, 5.74) is 13.1. The van der Waals surface area contributed by atoms with Crippen LogP contribution in [0.4, 0.5) is 11.8 Å². The van der Waals surface area contributed by atoms with E-state index in [1.54, 1.807) is 30.5 Å². The molecule has 0 bridgehead atoms. The lowest BCUT2D eigenvalue weighted by Crippen LogP contribution is -2.41. The fraction of sp³-hybridized carbons (Fsp3) is 0.250. The van der Waals surface area contributed by atoms with E-state index in [1.807, 2.05) is 0 Å². The van der Waals surface area contributed by atoms with Crippen molar-refractivity contribution in [1.82, 2.24) is 25.3 Å². The quantitative estimate of drug-likeness (QED) is 0.262. The van der Waals surface area contributed by atoms with Crippen molar-refractivity contribution in [2.45, 2.75) is 30.2 Å². The summed E-state index contributed by atoms with van der Waals surface area (Å²) < 4.78 is 0. The second-order valence-electron chi connectivity index (χ2n) is 6.92. The molecule has 0 aliphatic heterocycles. The van der Waals surface area contributed by atoms with Gasteiger partial charge in [-0.2, -0.15) is 9.97 Å². The minimum Gasteiger partial charge on any atom is -0.481 e. The summed E-state index contributed by atoms with van der Waals surface area (Å²) in [5, 5.41) is 20.2. The molecule has 1 amide bonds. The van der Waals surface area contributed by atoms with Gasteiger partial charge in [-0.15, -0.1) is 11.8 Å². The number of hydrogen-bond donors (Lipinski definition) is 5. The molecule has 12 nitrogen and oxygen atoms in total. The van der Waals surface area contributed by atoms with Crippen molar-refractivity contribution in [2.75, 3.05) is 17.2 Å². The van der Waals surface area contributed by atoms with Crippen LogP contribution in [-0.4, -0.2) is 59.8 Å². The third-order valence-corrected chi connectivity index (χ3v) is 5.51. The van der Waals surface area contributed by atoms with Gasteiger partial charge in [0.05, 0.1) is 11.9 Å². The molecule has 2 heterocycles. The Bertz CT molecular complexity index is 1190. The summed E-state index contributed by atoms with van der Waals surface area (Å²) in [5.74, 6) is -2.12. The Morgan fingerprint density at radius 3 is 2.45 bits per heavy atom. The highest BCUT2D eigenvalue weighted by molar-refractivity contribution is 7.99. The Hall–Kier alpha value is -4.00. The van der Waals surface area contributed by atoms with Crippen LogP contribution in [0.1, 0.15) is 28.9 Å². The molecule has 0 saturated carbocycles. The van der Waals surface area contributed by atoms with Crippen LogP contribution in [0.25, 0.3) is 11.2 Å². The minimum atomic E-state index is -1.29. The van der Waals surface area contributed by atoms with Crippen molar-refractivity contribution in [3.05, 3.63) is 41.7 Å². The molecule has 0 aliphatic carbocycles. The molecule has 3 aromatic rings. The van der Waals surface area contributed by atoms with Gasteiger partial charge in [0.1, 0.15) is 6.04 Å². The van der Waals surface area contributed by atoms with Crippen LogP contribution in [0, 0.1) is 0 Å². The molecular weight excluding hydrogens is 450 g/mol. The number of anilines is 2. The Morgan fingerprint density at radius 1 is 1.06 bits per heavy atom. The number of carboxylic acid groups (broad SMARTS) is 2. The van der Waals surface area contributed by atoms with Crippen molar-refractivity contribution in [3.8, 4) is 0 Å². The smallest absolute Gasteiger partial charge is 0.326 e. The number of aromatic nitrogens is 4. The molecule has 0 saturated heterocycles. The summed E-state index contributed by atoms with van der Waals surface area (Å²) in [6.07, 6.45) is 1.64. The number of rotatable bonds is 10. The number of aryl methyl sites for hydroxylation is 1. The number of nitrogens with zero attached hydrogens (tertiary/aromatic N) is 4. The molecule has 13 heteroatoms. The van der Waals surface area contributed by atoms with Crippen LogP contribution in [0.3, 0.4) is 0 Å². The highest BCUT2D eigenvalue weighted by Gasteiger charge is 2.21. The molecule has 172 valence electrons. The third-order valence-electron chi connectivity index (χ3n) is 4.49.